The number of aromatic nitrogens is 1. The highest BCUT2D eigenvalue weighted by atomic mass is 32.1. The van der Waals surface area contributed by atoms with Gasteiger partial charge in [-0.3, -0.25) is 9.78 Å². The first-order valence-electron chi connectivity index (χ1n) is 8.19. The molecule has 2 aromatic heterocycles. The number of hydrogen-bond donors (Lipinski definition) is 1. The summed E-state index contributed by atoms with van der Waals surface area (Å²) in [6, 6.07) is 17.6. The van der Waals surface area contributed by atoms with E-state index in [0.29, 0.717) is 0 Å². The van der Waals surface area contributed by atoms with Gasteiger partial charge in [0.05, 0.1) is 16.6 Å². The Morgan fingerprint density at radius 2 is 1.92 bits per heavy atom. The average molecular weight is 334 g/mol. The van der Waals surface area contributed by atoms with Gasteiger partial charge in [0.2, 0.25) is 0 Å². The number of rotatable bonds is 4. The van der Waals surface area contributed by atoms with E-state index in [1.165, 1.54) is 16.9 Å². The molecule has 0 saturated carbocycles. The molecule has 1 unspecified atom stereocenters. The molecule has 2 heterocycles. The van der Waals surface area contributed by atoms with Crippen molar-refractivity contribution in [3.8, 4) is 0 Å². The zero-order valence-corrected chi connectivity index (χ0v) is 14.1. The van der Waals surface area contributed by atoms with Gasteiger partial charge in [-0.15, -0.1) is 11.3 Å². The highest BCUT2D eigenvalue weighted by Gasteiger charge is 2.22. The van der Waals surface area contributed by atoms with Crippen molar-refractivity contribution in [2.45, 2.75) is 25.3 Å². The van der Waals surface area contributed by atoms with E-state index >= 15 is 0 Å². The van der Waals surface area contributed by atoms with Crippen molar-refractivity contribution in [1.82, 2.24) is 10.3 Å². The van der Waals surface area contributed by atoms with Crippen LogP contribution in [-0.4, -0.2) is 10.9 Å². The van der Waals surface area contributed by atoms with Crippen molar-refractivity contribution in [1.29, 1.82) is 0 Å². The lowest BCUT2D eigenvalue weighted by Crippen LogP contribution is -2.29. The summed E-state index contributed by atoms with van der Waals surface area (Å²) in [5.41, 5.74) is 3.23. The third kappa shape index (κ3) is 2.97. The van der Waals surface area contributed by atoms with E-state index in [0.717, 1.165) is 29.0 Å². The molecule has 0 aliphatic heterocycles. The molecule has 1 N–H and O–H groups in total. The maximum atomic E-state index is 12.8. The molecular weight excluding hydrogens is 316 g/mol. The van der Waals surface area contributed by atoms with Crippen LogP contribution in [-0.2, 0) is 12.8 Å². The molecule has 3 aromatic rings. The Kier molecular flexibility index (Phi) is 4.13. The third-order valence-corrected chi connectivity index (χ3v) is 5.60. The van der Waals surface area contributed by atoms with Crippen molar-refractivity contribution >= 4 is 17.2 Å². The first kappa shape index (κ1) is 15.1. The topological polar surface area (TPSA) is 42.0 Å². The van der Waals surface area contributed by atoms with E-state index in [2.05, 4.69) is 16.4 Å². The number of thiophene rings is 1. The number of aryl methyl sites for hydroxylation is 2. The summed E-state index contributed by atoms with van der Waals surface area (Å²) in [5, 5.41) is 3.16. The van der Waals surface area contributed by atoms with Crippen LogP contribution in [0.5, 0.6) is 0 Å². The largest absolute Gasteiger partial charge is 0.339 e. The minimum Gasteiger partial charge on any atom is -0.339 e. The number of pyridine rings is 1. The quantitative estimate of drug-likeness (QED) is 0.779. The number of hydrogen-bond acceptors (Lipinski definition) is 3. The van der Waals surface area contributed by atoms with Crippen molar-refractivity contribution in [3.05, 3.63) is 87.4 Å². The molecule has 1 amide bonds. The molecule has 0 spiro atoms. The standard InChI is InChI=1S/C20H18N2OS/c23-20(18-13-15-9-6-11-17(15)24-18)22-19(14-7-2-1-3-8-14)16-10-4-5-12-21-16/h1-5,7-8,10,12-13,19H,6,9,11H2,(H,22,23). The lowest BCUT2D eigenvalue weighted by atomic mass is 10.0. The Hall–Kier alpha value is -2.46. The fourth-order valence-electron chi connectivity index (χ4n) is 3.16. The van der Waals surface area contributed by atoms with Crippen molar-refractivity contribution in [2.75, 3.05) is 0 Å². The molecule has 1 aliphatic carbocycles. The van der Waals surface area contributed by atoms with E-state index in [1.54, 1.807) is 17.5 Å². The predicted molar refractivity (Wildman–Crippen MR) is 96.3 cm³/mol. The predicted octanol–water partition coefficient (Wildman–Crippen LogP) is 4.15. The fraction of sp³-hybridized carbons (Fsp3) is 0.200. The van der Waals surface area contributed by atoms with Crippen LogP contribution in [0.3, 0.4) is 0 Å². The molecule has 24 heavy (non-hydrogen) atoms. The molecule has 4 heteroatoms. The van der Waals surface area contributed by atoms with Crippen molar-refractivity contribution in [3.63, 3.8) is 0 Å². The Morgan fingerprint density at radius 3 is 2.67 bits per heavy atom. The zero-order chi connectivity index (χ0) is 16.4. The minimum absolute atomic E-state index is 0.0195. The lowest BCUT2D eigenvalue weighted by Gasteiger charge is -2.18. The molecule has 1 aromatic carbocycles. The Bertz CT molecular complexity index is 782. The summed E-state index contributed by atoms with van der Waals surface area (Å²) in [6.07, 6.45) is 5.18. The van der Waals surface area contributed by atoms with Gasteiger partial charge in [-0.05, 0) is 48.6 Å². The first-order valence-corrected chi connectivity index (χ1v) is 9.01. The van der Waals surface area contributed by atoms with Gasteiger partial charge in [0, 0.05) is 11.1 Å². The highest BCUT2D eigenvalue weighted by molar-refractivity contribution is 7.14. The van der Waals surface area contributed by atoms with Crippen molar-refractivity contribution in [2.24, 2.45) is 0 Å². The first-order chi connectivity index (χ1) is 11.8. The van der Waals surface area contributed by atoms with Gasteiger partial charge < -0.3 is 5.32 Å². The summed E-state index contributed by atoms with van der Waals surface area (Å²) >= 11 is 1.63. The van der Waals surface area contributed by atoms with Gasteiger partial charge in [0.25, 0.3) is 5.91 Å². The number of amides is 1. The average Bonchev–Trinajstić information content (AvgIpc) is 3.23. The maximum absolute atomic E-state index is 12.8. The van der Waals surface area contributed by atoms with Crippen LogP contribution >= 0.6 is 11.3 Å². The van der Waals surface area contributed by atoms with Gasteiger partial charge in [0.1, 0.15) is 0 Å². The van der Waals surface area contributed by atoms with Crippen LogP contribution in [0, 0.1) is 0 Å². The lowest BCUT2D eigenvalue weighted by molar-refractivity contribution is 0.0946. The monoisotopic (exact) mass is 334 g/mol. The molecule has 1 atom stereocenters. The number of nitrogens with zero attached hydrogens (tertiary/aromatic N) is 1. The maximum Gasteiger partial charge on any atom is 0.262 e. The van der Waals surface area contributed by atoms with E-state index in [1.807, 2.05) is 48.5 Å². The van der Waals surface area contributed by atoms with Crippen LogP contribution in [0.25, 0.3) is 0 Å². The van der Waals surface area contributed by atoms with Gasteiger partial charge in [-0.1, -0.05) is 36.4 Å². The van der Waals surface area contributed by atoms with Crippen LogP contribution < -0.4 is 5.32 Å². The van der Waals surface area contributed by atoms with Crippen LogP contribution in [0.2, 0.25) is 0 Å². The molecule has 120 valence electrons. The Labute approximate surface area is 145 Å². The van der Waals surface area contributed by atoms with Crippen LogP contribution in [0.4, 0.5) is 0 Å². The Morgan fingerprint density at radius 1 is 1.08 bits per heavy atom. The summed E-state index contributed by atoms with van der Waals surface area (Å²) in [7, 11) is 0. The second-order valence-corrected chi connectivity index (χ2v) is 7.12. The van der Waals surface area contributed by atoms with E-state index in [-0.39, 0.29) is 11.9 Å². The van der Waals surface area contributed by atoms with Gasteiger partial charge >= 0.3 is 0 Å². The summed E-state index contributed by atoms with van der Waals surface area (Å²) in [4.78, 5) is 19.4. The van der Waals surface area contributed by atoms with E-state index < -0.39 is 0 Å². The number of carbonyl (C=O) groups excluding carboxylic acids is 1. The zero-order valence-electron chi connectivity index (χ0n) is 13.2. The van der Waals surface area contributed by atoms with Gasteiger partial charge in [-0.25, -0.2) is 0 Å². The molecular formula is C20H18N2OS. The van der Waals surface area contributed by atoms with Gasteiger partial charge in [-0.2, -0.15) is 0 Å². The van der Waals surface area contributed by atoms with Crippen LogP contribution in [0.1, 0.15) is 43.8 Å². The Balaban J connectivity index is 1.63. The number of benzene rings is 1. The molecule has 0 bridgehead atoms. The fourth-order valence-corrected chi connectivity index (χ4v) is 4.32. The smallest absolute Gasteiger partial charge is 0.262 e. The van der Waals surface area contributed by atoms with E-state index in [4.69, 9.17) is 0 Å². The molecule has 0 radical (unpaired) electrons. The number of nitrogens with one attached hydrogen (secondary N) is 1. The van der Waals surface area contributed by atoms with E-state index in [9.17, 15) is 4.79 Å². The minimum atomic E-state index is -0.239. The summed E-state index contributed by atoms with van der Waals surface area (Å²) in [6.45, 7) is 0. The normalized spacial score (nSPS) is 14.2. The second-order valence-electron chi connectivity index (χ2n) is 5.98. The molecule has 0 fully saturated rings. The van der Waals surface area contributed by atoms with Crippen molar-refractivity contribution < 1.29 is 4.79 Å². The summed E-state index contributed by atoms with van der Waals surface area (Å²) < 4.78 is 0. The molecule has 4 rings (SSSR count). The van der Waals surface area contributed by atoms with Crippen LogP contribution in [0.15, 0.2) is 60.8 Å². The number of fused-ring (bicyclic) bond motifs is 1. The number of carbonyl (C=O) groups is 1. The summed E-state index contributed by atoms with van der Waals surface area (Å²) in [5.74, 6) is -0.0195. The SMILES string of the molecule is O=C(NC(c1ccccc1)c1ccccn1)c1cc2c(s1)CCC2. The highest BCUT2D eigenvalue weighted by Crippen LogP contribution is 2.31. The molecule has 3 nitrogen and oxygen atoms in total. The molecule has 0 saturated heterocycles. The third-order valence-electron chi connectivity index (χ3n) is 4.36. The second kappa shape index (κ2) is 6.57. The molecule has 1 aliphatic rings. The van der Waals surface area contributed by atoms with Gasteiger partial charge in [0.15, 0.2) is 0 Å².